The van der Waals surface area contributed by atoms with E-state index in [2.05, 4.69) is 33.4 Å². The summed E-state index contributed by atoms with van der Waals surface area (Å²) in [6.07, 6.45) is 2.13. The second-order valence-electron chi connectivity index (χ2n) is 5.06. The Labute approximate surface area is 131 Å². The van der Waals surface area contributed by atoms with E-state index in [-0.39, 0.29) is 5.91 Å². The molecule has 1 aromatic carbocycles. The summed E-state index contributed by atoms with van der Waals surface area (Å²) in [5.41, 5.74) is 0.766. The molecule has 0 saturated carbocycles. The Morgan fingerprint density at radius 1 is 1.15 bits per heavy atom. The molecule has 0 radical (unpaired) electrons. The first-order chi connectivity index (χ1) is 9.75. The van der Waals surface area contributed by atoms with Crippen molar-refractivity contribution < 1.29 is 4.79 Å². The van der Waals surface area contributed by atoms with Crippen molar-refractivity contribution in [2.75, 3.05) is 13.1 Å². The summed E-state index contributed by atoms with van der Waals surface area (Å²) < 4.78 is 0.880. The van der Waals surface area contributed by atoms with E-state index in [0.717, 1.165) is 36.0 Å². The predicted molar refractivity (Wildman–Crippen MR) is 86.3 cm³/mol. The molecular formula is C16H16BrNOS. The highest BCUT2D eigenvalue weighted by atomic mass is 79.9. The van der Waals surface area contributed by atoms with Crippen LogP contribution >= 0.6 is 27.3 Å². The van der Waals surface area contributed by atoms with Crippen molar-refractivity contribution in [1.29, 1.82) is 0 Å². The van der Waals surface area contributed by atoms with Gasteiger partial charge in [0.25, 0.3) is 5.91 Å². The first-order valence-electron chi connectivity index (χ1n) is 6.83. The topological polar surface area (TPSA) is 20.3 Å². The van der Waals surface area contributed by atoms with Crippen LogP contribution in [0.1, 0.15) is 34.0 Å². The van der Waals surface area contributed by atoms with Gasteiger partial charge < -0.3 is 4.90 Å². The molecule has 1 amide bonds. The first kappa shape index (κ1) is 13.8. The van der Waals surface area contributed by atoms with Gasteiger partial charge in [-0.2, -0.15) is 0 Å². The molecule has 0 bridgehead atoms. The maximum Gasteiger partial charge on any atom is 0.254 e. The molecule has 3 rings (SSSR count). The molecule has 2 nitrogen and oxygen atoms in total. The minimum atomic E-state index is 0.141. The van der Waals surface area contributed by atoms with Crippen LogP contribution in [-0.4, -0.2) is 23.9 Å². The Bertz CT molecular complexity index is 588. The van der Waals surface area contributed by atoms with Crippen molar-refractivity contribution >= 4 is 33.2 Å². The van der Waals surface area contributed by atoms with Crippen molar-refractivity contribution in [3.05, 3.63) is 56.7 Å². The summed E-state index contributed by atoms with van der Waals surface area (Å²) in [6.45, 7) is 1.70. The lowest BCUT2D eigenvalue weighted by molar-refractivity contribution is 0.0713. The number of rotatable bonds is 2. The summed E-state index contributed by atoms with van der Waals surface area (Å²) >= 11 is 5.29. The van der Waals surface area contributed by atoms with Crippen LogP contribution in [0.25, 0.3) is 0 Å². The SMILES string of the molecule is O=C(c1ccccc1Br)N1CCC(c2cccs2)CC1. The normalized spacial score (nSPS) is 16.4. The number of thiophene rings is 1. The van der Waals surface area contributed by atoms with Crippen LogP contribution in [0.15, 0.2) is 46.3 Å². The van der Waals surface area contributed by atoms with Crippen LogP contribution in [0.4, 0.5) is 0 Å². The summed E-state index contributed by atoms with van der Waals surface area (Å²) in [5, 5.41) is 2.13. The Morgan fingerprint density at radius 2 is 1.90 bits per heavy atom. The molecule has 1 fully saturated rings. The highest BCUT2D eigenvalue weighted by molar-refractivity contribution is 9.10. The van der Waals surface area contributed by atoms with Gasteiger partial charge in [-0.3, -0.25) is 4.79 Å². The van der Waals surface area contributed by atoms with Gasteiger partial charge in [-0.25, -0.2) is 0 Å². The second-order valence-corrected chi connectivity index (χ2v) is 6.90. The van der Waals surface area contributed by atoms with Crippen LogP contribution in [-0.2, 0) is 0 Å². The number of hydrogen-bond acceptors (Lipinski definition) is 2. The summed E-state index contributed by atoms with van der Waals surface area (Å²) in [6, 6.07) is 12.0. The van der Waals surface area contributed by atoms with Gasteiger partial charge in [-0.1, -0.05) is 18.2 Å². The minimum Gasteiger partial charge on any atom is -0.339 e. The van der Waals surface area contributed by atoms with Crippen LogP contribution < -0.4 is 0 Å². The molecule has 0 unspecified atom stereocenters. The number of carbonyl (C=O) groups excluding carboxylic acids is 1. The molecule has 104 valence electrons. The van der Waals surface area contributed by atoms with Gasteiger partial charge in [-0.05, 0) is 58.3 Å². The smallest absolute Gasteiger partial charge is 0.254 e. The third-order valence-corrected chi connectivity index (χ3v) is 5.56. The van der Waals surface area contributed by atoms with E-state index in [1.807, 2.05) is 40.5 Å². The number of amides is 1. The van der Waals surface area contributed by atoms with Crippen molar-refractivity contribution in [1.82, 2.24) is 4.90 Å². The molecule has 0 N–H and O–H groups in total. The van der Waals surface area contributed by atoms with E-state index in [1.54, 1.807) is 0 Å². The standard InChI is InChI=1S/C16H16BrNOS/c17-14-5-2-1-4-13(14)16(19)18-9-7-12(8-10-18)15-6-3-11-20-15/h1-6,11-12H,7-10H2. The molecule has 0 spiro atoms. The molecule has 20 heavy (non-hydrogen) atoms. The molecule has 2 aromatic rings. The highest BCUT2D eigenvalue weighted by Crippen LogP contribution is 2.31. The third kappa shape index (κ3) is 2.81. The summed E-state index contributed by atoms with van der Waals surface area (Å²) in [7, 11) is 0. The van der Waals surface area contributed by atoms with E-state index < -0.39 is 0 Å². The fourth-order valence-corrected chi connectivity index (χ4v) is 4.05. The zero-order valence-corrected chi connectivity index (χ0v) is 13.5. The van der Waals surface area contributed by atoms with Gasteiger partial charge in [0.05, 0.1) is 5.56 Å². The average molecular weight is 350 g/mol. The number of hydrogen-bond donors (Lipinski definition) is 0. The van der Waals surface area contributed by atoms with E-state index in [4.69, 9.17) is 0 Å². The molecule has 1 saturated heterocycles. The number of carbonyl (C=O) groups is 1. The Morgan fingerprint density at radius 3 is 2.55 bits per heavy atom. The largest absolute Gasteiger partial charge is 0.339 e. The van der Waals surface area contributed by atoms with E-state index in [0.29, 0.717) is 5.92 Å². The lowest BCUT2D eigenvalue weighted by Gasteiger charge is -2.31. The summed E-state index contributed by atoms with van der Waals surface area (Å²) in [5.74, 6) is 0.764. The molecular weight excluding hydrogens is 334 g/mol. The van der Waals surface area contributed by atoms with Crippen LogP contribution in [0.2, 0.25) is 0 Å². The fraction of sp³-hybridized carbons (Fsp3) is 0.312. The lowest BCUT2D eigenvalue weighted by atomic mass is 9.95. The number of halogens is 1. The monoisotopic (exact) mass is 349 g/mol. The van der Waals surface area contributed by atoms with Crippen LogP contribution in [0, 0.1) is 0 Å². The molecule has 0 atom stereocenters. The van der Waals surface area contributed by atoms with Gasteiger partial charge >= 0.3 is 0 Å². The molecule has 1 aliphatic rings. The summed E-state index contributed by atoms with van der Waals surface area (Å²) in [4.78, 5) is 15.9. The zero-order valence-electron chi connectivity index (χ0n) is 11.1. The quantitative estimate of drug-likeness (QED) is 0.779. The van der Waals surface area contributed by atoms with Gasteiger partial charge in [0.2, 0.25) is 0 Å². The predicted octanol–water partition coefficient (Wildman–Crippen LogP) is 4.53. The van der Waals surface area contributed by atoms with Gasteiger partial charge in [0, 0.05) is 22.4 Å². The molecule has 1 aliphatic heterocycles. The number of nitrogens with zero attached hydrogens (tertiary/aromatic N) is 1. The van der Waals surface area contributed by atoms with E-state index in [9.17, 15) is 4.79 Å². The van der Waals surface area contributed by atoms with Crippen LogP contribution in [0.3, 0.4) is 0 Å². The lowest BCUT2D eigenvalue weighted by Crippen LogP contribution is -2.37. The Balaban J connectivity index is 1.66. The number of benzene rings is 1. The molecule has 4 heteroatoms. The zero-order chi connectivity index (χ0) is 13.9. The highest BCUT2D eigenvalue weighted by Gasteiger charge is 2.25. The second kappa shape index (κ2) is 6.10. The molecule has 0 aliphatic carbocycles. The van der Waals surface area contributed by atoms with Gasteiger partial charge in [0.15, 0.2) is 0 Å². The number of piperidine rings is 1. The average Bonchev–Trinajstić information content (AvgIpc) is 3.01. The molecule has 2 heterocycles. The van der Waals surface area contributed by atoms with Crippen molar-refractivity contribution in [3.8, 4) is 0 Å². The third-order valence-electron chi connectivity index (χ3n) is 3.83. The first-order valence-corrected chi connectivity index (χ1v) is 8.50. The van der Waals surface area contributed by atoms with Crippen molar-refractivity contribution in [2.45, 2.75) is 18.8 Å². The Kier molecular flexibility index (Phi) is 4.22. The van der Waals surface area contributed by atoms with Crippen LogP contribution in [0.5, 0.6) is 0 Å². The maximum atomic E-state index is 12.5. The Hall–Kier alpha value is -1.13. The van der Waals surface area contributed by atoms with Gasteiger partial charge in [0.1, 0.15) is 0 Å². The van der Waals surface area contributed by atoms with E-state index in [1.165, 1.54) is 4.88 Å². The molecule has 1 aromatic heterocycles. The minimum absolute atomic E-state index is 0.141. The van der Waals surface area contributed by atoms with E-state index >= 15 is 0 Å². The van der Waals surface area contributed by atoms with Crippen molar-refractivity contribution in [2.24, 2.45) is 0 Å². The number of likely N-dealkylation sites (tertiary alicyclic amines) is 1. The van der Waals surface area contributed by atoms with Crippen molar-refractivity contribution in [3.63, 3.8) is 0 Å². The van der Waals surface area contributed by atoms with Gasteiger partial charge in [-0.15, -0.1) is 11.3 Å². The maximum absolute atomic E-state index is 12.5. The fourth-order valence-electron chi connectivity index (χ4n) is 2.70.